The van der Waals surface area contributed by atoms with Gasteiger partial charge in [0.15, 0.2) is 0 Å². The molecule has 0 bridgehead atoms. The maximum absolute atomic E-state index is 6.78. The summed E-state index contributed by atoms with van der Waals surface area (Å²) >= 11 is 0. The summed E-state index contributed by atoms with van der Waals surface area (Å²) in [6.07, 6.45) is 0. The Kier molecular flexibility index (Phi) is 5.70. The van der Waals surface area contributed by atoms with Crippen LogP contribution in [0.5, 0.6) is 0 Å². The van der Waals surface area contributed by atoms with Crippen LogP contribution in [0.3, 0.4) is 0 Å². The third-order valence-corrected chi connectivity index (χ3v) is 10.5. The standard InChI is InChI=1S/C48H28O2/c1-2-12-30(13-3-1)44-33-15-5-7-17-35(33)45(36-18-8-6-16-34(36)44)31-24-22-29(23-25-31)40-28-41-38-26-27-43-46(39-20-10-11-21-42(39)49-43)48(38)50-47(41)37-19-9-4-14-32(37)40/h1-28H. The van der Waals surface area contributed by atoms with Gasteiger partial charge in [-0.15, -0.1) is 0 Å². The highest BCUT2D eigenvalue weighted by Gasteiger charge is 2.20. The third kappa shape index (κ3) is 3.85. The number of para-hydroxylation sites is 1. The highest BCUT2D eigenvalue weighted by atomic mass is 16.3. The van der Waals surface area contributed by atoms with Crippen molar-refractivity contribution in [1.29, 1.82) is 0 Å². The number of furan rings is 2. The first kappa shape index (κ1) is 27.3. The molecule has 0 aliphatic rings. The van der Waals surface area contributed by atoms with Crippen molar-refractivity contribution in [2.75, 3.05) is 0 Å². The van der Waals surface area contributed by atoms with Crippen LogP contribution in [0.4, 0.5) is 0 Å². The van der Waals surface area contributed by atoms with Gasteiger partial charge in [-0.05, 0) is 84.6 Å². The Labute approximate surface area is 287 Å². The summed E-state index contributed by atoms with van der Waals surface area (Å²) in [5.41, 5.74) is 10.8. The van der Waals surface area contributed by atoms with Crippen LogP contribution in [0.15, 0.2) is 179 Å². The van der Waals surface area contributed by atoms with Crippen molar-refractivity contribution in [2.24, 2.45) is 0 Å². The summed E-state index contributed by atoms with van der Waals surface area (Å²) < 4.78 is 13.0. The lowest BCUT2D eigenvalue weighted by Crippen LogP contribution is -1.91. The van der Waals surface area contributed by atoms with Gasteiger partial charge in [0.25, 0.3) is 0 Å². The molecule has 0 radical (unpaired) electrons. The van der Waals surface area contributed by atoms with E-state index in [1.165, 1.54) is 60.3 Å². The Morgan fingerprint density at radius 2 is 0.780 bits per heavy atom. The summed E-state index contributed by atoms with van der Waals surface area (Å²) in [7, 11) is 0. The van der Waals surface area contributed by atoms with Crippen molar-refractivity contribution in [1.82, 2.24) is 0 Å². The molecule has 9 aromatic carbocycles. The Morgan fingerprint density at radius 1 is 0.280 bits per heavy atom. The molecule has 2 aromatic heterocycles. The number of hydrogen-bond donors (Lipinski definition) is 0. The zero-order valence-electron chi connectivity index (χ0n) is 27.0. The molecule has 0 aliphatic heterocycles. The largest absolute Gasteiger partial charge is 0.456 e. The molecule has 0 atom stereocenters. The first-order chi connectivity index (χ1) is 24.8. The van der Waals surface area contributed by atoms with Crippen molar-refractivity contribution in [3.8, 4) is 33.4 Å². The zero-order valence-corrected chi connectivity index (χ0v) is 27.0. The van der Waals surface area contributed by atoms with Crippen LogP contribution in [0.1, 0.15) is 0 Å². The summed E-state index contributed by atoms with van der Waals surface area (Å²) in [6.45, 7) is 0. The van der Waals surface area contributed by atoms with Crippen LogP contribution in [-0.4, -0.2) is 0 Å². The minimum Gasteiger partial charge on any atom is -0.456 e. The lowest BCUT2D eigenvalue weighted by Gasteiger charge is -2.18. The minimum atomic E-state index is 0.842. The molecule has 0 aliphatic carbocycles. The van der Waals surface area contributed by atoms with E-state index in [4.69, 9.17) is 8.83 Å². The molecule has 11 aromatic rings. The van der Waals surface area contributed by atoms with Crippen LogP contribution in [-0.2, 0) is 0 Å². The number of rotatable bonds is 3. The third-order valence-electron chi connectivity index (χ3n) is 10.5. The highest BCUT2D eigenvalue weighted by molar-refractivity contribution is 6.26. The second-order valence-corrected chi connectivity index (χ2v) is 13.1. The van der Waals surface area contributed by atoms with Gasteiger partial charge in [0.2, 0.25) is 0 Å². The molecule has 50 heavy (non-hydrogen) atoms. The number of hydrogen-bond acceptors (Lipinski definition) is 2. The van der Waals surface area contributed by atoms with E-state index in [1.807, 2.05) is 12.1 Å². The summed E-state index contributed by atoms with van der Waals surface area (Å²) in [6, 6.07) is 60.9. The van der Waals surface area contributed by atoms with Crippen molar-refractivity contribution >= 4 is 76.2 Å². The SMILES string of the molecule is c1ccc(-c2c3ccccc3c(-c3ccc(-c4cc5c6ccc7oc8ccccc8c7c6oc5c5ccccc45)cc3)c3ccccc23)cc1. The van der Waals surface area contributed by atoms with E-state index in [0.717, 1.165) is 49.3 Å². The predicted molar refractivity (Wildman–Crippen MR) is 210 cm³/mol. The molecule has 0 fully saturated rings. The molecular formula is C48H28O2. The number of fused-ring (bicyclic) bond motifs is 11. The second kappa shape index (κ2) is 10.4. The molecular weight excluding hydrogens is 609 g/mol. The van der Waals surface area contributed by atoms with Crippen molar-refractivity contribution in [3.05, 3.63) is 170 Å². The average molecular weight is 637 g/mol. The average Bonchev–Trinajstić information content (AvgIpc) is 3.76. The summed E-state index contributed by atoms with van der Waals surface area (Å²) in [4.78, 5) is 0. The smallest absolute Gasteiger partial charge is 0.147 e. The lowest BCUT2D eigenvalue weighted by atomic mass is 9.85. The zero-order chi connectivity index (χ0) is 32.8. The lowest BCUT2D eigenvalue weighted by molar-refractivity contribution is 0.664. The van der Waals surface area contributed by atoms with Gasteiger partial charge < -0.3 is 8.83 Å². The Morgan fingerprint density at radius 3 is 1.44 bits per heavy atom. The molecule has 232 valence electrons. The van der Waals surface area contributed by atoms with Crippen LogP contribution >= 0.6 is 0 Å². The fourth-order valence-electron chi connectivity index (χ4n) is 8.27. The maximum atomic E-state index is 6.78. The van der Waals surface area contributed by atoms with Gasteiger partial charge >= 0.3 is 0 Å². The monoisotopic (exact) mass is 636 g/mol. The molecule has 0 N–H and O–H groups in total. The molecule has 0 saturated heterocycles. The normalized spacial score (nSPS) is 12.0. The van der Waals surface area contributed by atoms with E-state index in [1.54, 1.807) is 0 Å². The molecule has 11 rings (SSSR count). The van der Waals surface area contributed by atoms with Crippen LogP contribution in [0, 0.1) is 0 Å². The maximum Gasteiger partial charge on any atom is 0.147 e. The highest BCUT2D eigenvalue weighted by Crippen LogP contribution is 2.46. The predicted octanol–water partition coefficient (Wildman–Crippen LogP) is 13.9. The minimum absolute atomic E-state index is 0.842. The first-order valence-corrected chi connectivity index (χ1v) is 17.1. The van der Waals surface area contributed by atoms with Gasteiger partial charge in [-0.3, -0.25) is 0 Å². The van der Waals surface area contributed by atoms with E-state index in [9.17, 15) is 0 Å². The molecule has 2 heterocycles. The van der Waals surface area contributed by atoms with Crippen LogP contribution in [0.2, 0.25) is 0 Å². The fourth-order valence-corrected chi connectivity index (χ4v) is 8.27. The molecule has 2 heteroatoms. The van der Waals surface area contributed by atoms with Crippen molar-refractivity contribution < 1.29 is 8.83 Å². The Hall–Kier alpha value is -6.64. The van der Waals surface area contributed by atoms with Gasteiger partial charge in [-0.2, -0.15) is 0 Å². The van der Waals surface area contributed by atoms with Crippen LogP contribution in [0.25, 0.3) is 110 Å². The second-order valence-electron chi connectivity index (χ2n) is 13.1. The van der Waals surface area contributed by atoms with Gasteiger partial charge in [-0.1, -0.05) is 146 Å². The Bertz CT molecular complexity index is 3070. The summed E-state index contributed by atoms with van der Waals surface area (Å²) in [5.74, 6) is 0. The van der Waals surface area contributed by atoms with Crippen molar-refractivity contribution in [2.45, 2.75) is 0 Å². The molecule has 0 spiro atoms. The van der Waals surface area contributed by atoms with E-state index in [0.29, 0.717) is 0 Å². The van der Waals surface area contributed by atoms with E-state index in [2.05, 4.69) is 158 Å². The Balaban J connectivity index is 1.13. The molecule has 0 saturated carbocycles. The van der Waals surface area contributed by atoms with E-state index < -0.39 is 0 Å². The van der Waals surface area contributed by atoms with Gasteiger partial charge in [0, 0.05) is 21.5 Å². The topological polar surface area (TPSA) is 26.3 Å². The van der Waals surface area contributed by atoms with Crippen molar-refractivity contribution in [3.63, 3.8) is 0 Å². The molecule has 2 nitrogen and oxygen atoms in total. The van der Waals surface area contributed by atoms with E-state index >= 15 is 0 Å². The first-order valence-electron chi connectivity index (χ1n) is 17.1. The molecule has 0 amide bonds. The van der Waals surface area contributed by atoms with Gasteiger partial charge in [-0.25, -0.2) is 0 Å². The van der Waals surface area contributed by atoms with Gasteiger partial charge in [0.1, 0.15) is 22.3 Å². The summed E-state index contributed by atoms with van der Waals surface area (Å²) in [5, 5.41) is 11.6. The van der Waals surface area contributed by atoms with Crippen LogP contribution < -0.4 is 0 Å². The molecule has 0 unspecified atom stereocenters. The number of benzene rings is 9. The fraction of sp³-hybridized carbons (Fsp3) is 0. The van der Waals surface area contributed by atoms with Gasteiger partial charge in [0.05, 0.1) is 5.39 Å². The quantitative estimate of drug-likeness (QED) is 0.180. The van der Waals surface area contributed by atoms with E-state index in [-0.39, 0.29) is 0 Å².